The Morgan fingerprint density at radius 3 is 2.90 bits per heavy atom. The number of carbonyl (C=O) groups excluding carboxylic acids is 1. The molecule has 0 unspecified atom stereocenters. The highest BCUT2D eigenvalue weighted by molar-refractivity contribution is 7.10. The summed E-state index contributed by atoms with van der Waals surface area (Å²) in [5.41, 5.74) is 2.61. The van der Waals surface area contributed by atoms with E-state index in [2.05, 4.69) is 17.2 Å². The summed E-state index contributed by atoms with van der Waals surface area (Å²) in [7, 11) is 1.88. The molecule has 0 aromatic carbocycles. The fraction of sp³-hybridized carbons (Fsp3) is 0.312. The van der Waals surface area contributed by atoms with Crippen molar-refractivity contribution in [2.75, 3.05) is 6.61 Å². The number of hydrogen-bond acceptors (Lipinski definition) is 3. The minimum Gasteiger partial charge on any atom is -0.395 e. The lowest BCUT2D eigenvalue weighted by Crippen LogP contribution is -2.24. The topological polar surface area (TPSA) is 54.3 Å². The summed E-state index contributed by atoms with van der Waals surface area (Å²) in [5.74, 6) is 5.83. The third-order valence-electron chi connectivity index (χ3n) is 3.22. The van der Waals surface area contributed by atoms with E-state index in [1.54, 1.807) is 11.3 Å². The Kier molecular flexibility index (Phi) is 5.20. The predicted octanol–water partition coefficient (Wildman–Crippen LogP) is 2.06. The first-order valence-corrected chi connectivity index (χ1v) is 7.58. The summed E-state index contributed by atoms with van der Waals surface area (Å²) in [6.45, 7) is 2.49. The Hall–Kier alpha value is -2.03. The Morgan fingerprint density at radius 2 is 2.24 bits per heavy atom. The molecule has 0 fully saturated rings. The van der Waals surface area contributed by atoms with Gasteiger partial charge in [-0.05, 0) is 30.5 Å². The lowest BCUT2D eigenvalue weighted by molar-refractivity contribution is 0.0943. The number of amides is 1. The molecule has 21 heavy (non-hydrogen) atoms. The summed E-state index contributed by atoms with van der Waals surface area (Å²) in [6, 6.07) is 5.68. The van der Waals surface area contributed by atoms with Crippen LogP contribution in [-0.4, -0.2) is 22.2 Å². The molecule has 0 saturated carbocycles. The van der Waals surface area contributed by atoms with Crippen LogP contribution in [0.3, 0.4) is 0 Å². The average Bonchev–Trinajstić information content (AvgIpc) is 3.05. The van der Waals surface area contributed by atoms with Crippen molar-refractivity contribution in [3.05, 3.63) is 45.4 Å². The summed E-state index contributed by atoms with van der Waals surface area (Å²) in [6.07, 6.45) is 0.463. The minimum absolute atomic E-state index is 0.0655. The van der Waals surface area contributed by atoms with Crippen LogP contribution in [-0.2, 0) is 13.6 Å². The number of aryl methyl sites for hydroxylation is 1. The van der Waals surface area contributed by atoms with Crippen molar-refractivity contribution in [3.8, 4) is 11.8 Å². The van der Waals surface area contributed by atoms with Crippen LogP contribution < -0.4 is 5.32 Å². The van der Waals surface area contributed by atoms with Gasteiger partial charge in [0.25, 0.3) is 5.91 Å². The molecule has 1 amide bonds. The SMILES string of the molecule is Cc1ccc(C(=O)NCc2sccc2C#CCCO)n1C. The Labute approximate surface area is 128 Å². The van der Waals surface area contributed by atoms with Gasteiger partial charge in [-0.25, -0.2) is 0 Å². The molecule has 0 radical (unpaired) electrons. The van der Waals surface area contributed by atoms with E-state index in [-0.39, 0.29) is 12.5 Å². The van der Waals surface area contributed by atoms with Crippen LogP contribution in [0.5, 0.6) is 0 Å². The smallest absolute Gasteiger partial charge is 0.268 e. The lowest BCUT2D eigenvalue weighted by Gasteiger charge is -2.06. The first kappa shape index (κ1) is 15.4. The van der Waals surface area contributed by atoms with Crippen LogP contribution in [0, 0.1) is 18.8 Å². The molecule has 2 aromatic rings. The van der Waals surface area contributed by atoms with E-state index in [0.29, 0.717) is 18.7 Å². The van der Waals surface area contributed by atoms with E-state index in [1.807, 2.05) is 42.1 Å². The van der Waals surface area contributed by atoms with E-state index < -0.39 is 0 Å². The largest absolute Gasteiger partial charge is 0.395 e. The van der Waals surface area contributed by atoms with Gasteiger partial charge >= 0.3 is 0 Å². The molecular formula is C16H18N2O2S. The van der Waals surface area contributed by atoms with Gasteiger partial charge in [-0.15, -0.1) is 11.3 Å². The number of aliphatic hydroxyl groups excluding tert-OH is 1. The molecule has 0 aliphatic heterocycles. The van der Waals surface area contributed by atoms with Gasteiger partial charge in [-0.2, -0.15) is 0 Å². The summed E-state index contributed by atoms with van der Waals surface area (Å²) in [5, 5.41) is 13.6. The highest BCUT2D eigenvalue weighted by atomic mass is 32.1. The van der Waals surface area contributed by atoms with Crippen molar-refractivity contribution in [2.45, 2.75) is 19.9 Å². The molecule has 110 valence electrons. The first-order chi connectivity index (χ1) is 10.1. The second kappa shape index (κ2) is 7.11. The van der Waals surface area contributed by atoms with Gasteiger partial charge in [0, 0.05) is 29.6 Å². The van der Waals surface area contributed by atoms with Crippen LogP contribution >= 0.6 is 11.3 Å². The number of aliphatic hydroxyl groups is 1. The van der Waals surface area contributed by atoms with Gasteiger partial charge in [0.1, 0.15) is 5.69 Å². The van der Waals surface area contributed by atoms with Crippen LogP contribution in [0.2, 0.25) is 0 Å². The Balaban J connectivity index is 2.01. The predicted molar refractivity (Wildman–Crippen MR) is 84.2 cm³/mol. The van der Waals surface area contributed by atoms with E-state index in [0.717, 1.165) is 16.1 Å². The standard InChI is InChI=1S/C16H18N2O2S/c1-12-6-7-14(18(12)2)16(20)17-11-15-13(8-10-21-15)5-3-4-9-19/h6-8,10,19H,4,9,11H2,1-2H3,(H,17,20). The zero-order chi connectivity index (χ0) is 15.2. The highest BCUT2D eigenvalue weighted by Crippen LogP contribution is 2.16. The van der Waals surface area contributed by atoms with Gasteiger partial charge in [0.15, 0.2) is 0 Å². The zero-order valence-corrected chi connectivity index (χ0v) is 13.0. The van der Waals surface area contributed by atoms with Crippen LogP contribution in [0.25, 0.3) is 0 Å². The van der Waals surface area contributed by atoms with Crippen LogP contribution in [0.1, 0.15) is 33.0 Å². The molecule has 0 aliphatic rings. The van der Waals surface area contributed by atoms with E-state index in [4.69, 9.17) is 5.11 Å². The third kappa shape index (κ3) is 3.75. The van der Waals surface area contributed by atoms with Crippen molar-refractivity contribution >= 4 is 17.2 Å². The molecule has 0 spiro atoms. The second-order valence-corrected chi connectivity index (χ2v) is 5.64. The van der Waals surface area contributed by atoms with E-state index in [9.17, 15) is 4.79 Å². The zero-order valence-electron chi connectivity index (χ0n) is 12.1. The summed E-state index contributed by atoms with van der Waals surface area (Å²) < 4.78 is 1.87. The number of thiophene rings is 1. The maximum Gasteiger partial charge on any atom is 0.268 e. The van der Waals surface area contributed by atoms with Crippen LogP contribution in [0.4, 0.5) is 0 Å². The van der Waals surface area contributed by atoms with E-state index >= 15 is 0 Å². The third-order valence-corrected chi connectivity index (χ3v) is 4.14. The maximum absolute atomic E-state index is 12.1. The average molecular weight is 302 g/mol. The first-order valence-electron chi connectivity index (χ1n) is 6.70. The molecule has 0 aliphatic carbocycles. The van der Waals surface area contributed by atoms with Crippen molar-refractivity contribution < 1.29 is 9.90 Å². The molecule has 2 aromatic heterocycles. The normalized spacial score (nSPS) is 10.0. The summed E-state index contributed by atoms with van der Waals surface area (Å²) in [4.78, 5) is 13.2. The number of aromatic nitrogens is 1. The molecule has 0 bridgehead atoms. The molecule has 5 heteroatoms. The number of rotatable bonds is 4. The minimum atomic E-state index is -0.0896. The van der Waals surface area contributed by atoms with Gasteiger partial charge in [-0.1, -0.05) is 11.8 Å². The number of nitrogens with one attached hydrogen (secondary N) is 1. The quantitative estimate of drug-likeness (QED) is 0.849. The monoisotopic (exact) mass is 302 g/mol. The molecule has 2 heterocycles. The molecule has 0 atom stereocenters. The summed E-state index contributed by atoms with van der Waals surface area (Å²) >= 11 is 1.57. The number of nitrogens with zero attached hydrogens (tertiary/aromatic N) is 1. The van der Waals surface area contributed by atoms with Gasteiger partial charge in [0.05, 0.1) is 13.2 Å². The van der Waals surface area contributed by atoms with E-state index in [1.165, 1.54) is 0 Å². The molecule has 2 rings (SSSR count). The molecule has 0 saturated heterocycles. The van der Waals surface area contributed by atoms with Crippen molar-refractivity contribution in [1.29, 1.82) is 0 Å². The highest BCUT2D eigenvalue weighted by Gasteiger charge is 2.11. The van der Waals surface area contributed by atoms with Crippen molar-refractivity contribution in [1.82, 2.24) is 9.88 Å². The fourth-order valence-electron chi connectivity index (χ4n) is 1.89. The van der Waals surface area contributed by atoms with Crippen molar-refractivity contribution in [3.63, 3.8) is 0 Å². The number of carbonyl (C=O) groups is 1. The van der Waals surface area contributed by atoms with Gasteiger partial charge in [0.2, 0.25) is 0 Å². The molecular weight excluding hydrogens is 284 g/mol. The Morgan fingerprint density at radius 1 is 1.43 bits per heavy atom. The van der Waals surface area contributed by atoms with Crippen LogP contribution in [0.15, 0.2) is 23.6 Å². The molecule has 2 N–H and O–H groups in total. The Bertz CT molecular complexity index is 689. The van der Waals surface area contributed by atoms with Crippen molar-refractivity contribution in [2.24, 2.45) is 7.05 Å². The fourth-order valence-corrected chi connectivity index (χ4v) is 2.66. The second-order valence-electron chi connectivity index (χ2n) is 4.63. The molecule has 4 nitrogen and oxygen atoms in total. The number of hydrogen-bond donors (Lipinski definition) is 2. The lowest BCUT2D eigenvalue weighted by atomic mass is 10.2. The van der Waals surface area contributed by atoms with Gasteiger partial charge in [-0.3, -0.25) is 4.79 Å². The van der Waals surface area contributed by atoms with Gasteiger partial charge < -0.3 is 15.0 Å². The maximum atomic E-state index is 12.1.